The minimum Gasteiger partial charge on any atom is -0.345 e. The molecule has 2 rings (SSSR count). The maximum absolute atomic E-state index is 12.4. The zero-order valence-corrected chi connectivity index (χ0v) is 11.8. The number of nitrogens with zero attached hydrogens (tertiary/aromatic N) is 2. The van der Waals surface area contributed by atoms with Crippen LogP contribution < -0.4 is 5.73 Å². The maximum Gasteiger partial charge on any atom is 0.225 e. The number of likely N-dealkylation sites (tertiary alicyclic amines) is 1. The molecular formula is C14H27N3O. The molecule has 1 saturated heterocycles. The van der Waals surface area contributed by atoms with Crippen LogP contribution in [0.15, 0.2) is 0 Å². The van der Waals surface area contributed by atoms with Gasteiger partial charge >= 0.3 is 0 Å². The van der Waals surface area contributed by atoms with E-state index in [1.54, 1.807) is 0 Å². The first-order valence-corrected chi connectivity index (χ1v) is 7.25. The summed E-state index contributed by atoms with van der Waals surface area (Å²) < 4.78 is 0. The van der Waals surface area contributed by atoms with Gasteiger partial charge in [0.1, 0.15) is 0 Å². The lowest BCUT2D eigenvalue weighted by Crippen LogP contribution is -2.41. The van der Waals surface area contributed by atoms with E-state index in [-0.39, 0.29) is 12.0 Å². The molecule has 1 aliphatic carbocycles. The highest BCUT2D eigenvalue weighted by atomic mass is 16.2. The van der Waals surface area contributed by atoms with Gasteiger partial charge in [0.2, 0.25) is 5.91 Å². The van der Waals surface area contributed by atoms with E-state index >= 15 is 0 Å². The van der Waals surface area contributed by atoms with E-state index in [0.29, 0.717) is 11.8 Å². The quantitative estimate of drug-likeness (QED) is 0.813. The number of hydrogen-bond acceptors (Lipinski definition) is 3. The topological polar surface area (TPSA) is 49.6 Å². The molecule has 0 aromatic rings. The number of hydrogen-bond donors (Lipinski definition) is 1. The summed E-state index contributed by atoms with van der Waals surface area (Å²) in [5.41, 5.74) is 5.97. The molecule has 0 aromatic heterocycles. The van der Waals surface area contributed by atoms with Crippen LogP contribution in [-0.2, 0) is 4.79 Å². The van der Waals surface area contributed by atoms with Crippen LogP contribution in [0, 0.1) is 11.8 Å². The van der Waals surface area contributed by atoms with Gasteiger partial charge in [0.25, 0.3) is 0 Å². The van der Waals surface area contributed by atoms with Crippen molar-refractivity contribution in [3.8, 4) is 0 Å². The molecule has 2 aliphatic rings. The summed E-state index contributed by atoms with van der Waals surface area (Å²) in [6.45, 7) is 3.21. The Morgan fingerprint density at radius 3 is 2.78 bits per heavy atom. The van der Waals surface area contributed by atoms with Gasteiger partial charge in [-0.2, -0.15) is 0 Å². The van der Waals surface area contributed by atoms with E-state index in [9.17, 15) is 4.79 Å². The summed E-state index contributed by atoms with van der Waals surface area (Å²) >= 11 is 0. The molecular weight excluding hydrogens is 226 g/mol. The molecule has 2 fully saturated rings. The molecule has 0 spiro atoms. The first-order valence-electron chi connectivity index (χ1n) is 7.25. The molecule has 1 amide bonds. The standard InChI is InChI=1S/C14H27N3O/c1-16-7-6-11(9-16)10-17(2)14(18)12-4-3-5-13(15)8-12/h11-13H,3-10,15H2,1-2H3. The van der Waals surface area contributed by atoms with Crippen molar-refractivity contribution in [2.75, 3.05) is 33.7 Å². The van der Waals surface area contributed by atoms with Crippen LogP contribution in [0.1, 0.15) is 32.1 Å². The van der Waals surface area contributed by atoms with Gasteiger partial charge in [0.15, 0.2) is 0 Å². The fraction of sp³-hybridized carbons (Fsp3) is 0.929. The minimum absolute atomic E-state index is 0.179. The average molecular weight is 253 g/mol. The molecule has 0 radical (unpaired) electrons. The molecule has 1 heterocycles. The van der Waals surface area contributed by atoms with Crippen molar-refractivity contribution < 1.29 is 4.79 Å². The molecule has 3 atom stereocenters. The van der Waals surface area contributed by atoms with Crippen LogP contribution in [0.2, 0.25) is 0 Å². The number of rotatable bonds is 3. The molecule has 1 saturated carbocycles. The van der Waals surface area contributed by atoms with E-state index in [2.05, 4.69) is 11.9 Å². The van der Waals surface area contributed by atoms with E-state index in [1.807, 2.05) is 11.9 Å². The van der Waals surface area contributed by atoms with Gasteiger partial charge in [-0.15, -0.1) is 0 Å². The Kier molecular flexibility index (Phi) is 4.62. The summed E-state index contributed by atoms with van der Waals surface area (Å²) in [7, 11) is 4.11. The second-order valence-corrected chi connectivity index (χ2v) is 6.26. The Morgan fingerprint density at radius 2 is 2.17 bits per heavy atom. The zero-order valence-electron chi connectivity index (χ0n) is 11.8. The Bertz CT molecular complexity index is 295. The molecule has 0 aromatic carbocycles. The Labute approximate surface area is 110 Å². The Hall–Kier alpha value is -0.610. The second kappa shape index (κ2) is 6.02. The zero-order chi connectivity index (χ0) is 13.1. The highest BCUT2D eigenvalue weighted by Crippen LogP contribution is 2.25. The van der Waals surface area contributed by atoms with E-state index in [1.165, 1.54) is 13.0 Å². The highest BCUT2D eigenvalue weighted by molar-refractivity contribution is 5.78. The van der Waals surface area contributed by atoms with Crippen LogP contribution in [-0.4, -0.2) is 55.5 Å². The number of amides is 1. The summed E-state index contributed by atoms with van der Waals surface area (Å²) in [6.07, 6.45) is 5.33. The van der Waals surface area contributed by atoms with Crippen LogP contribution in [0.4, 0.5) is 0 Å². The first kappa shape index (κ1) is 13.8. The van der Waals surface area contributed by atoms with Crippen LogP contribution in [0.3, 0.4) is 0 Å². The maximum atomic E-state index is 12.4. The fourth-order valence-electron chi connectivity index (χ4n) is 3.42. The van der Waals surface area contributed by atoms with E-state index in [0.717, 1.165) is 38.8 Å². The van der Waals surface area contributed by atoms with Crippen molar-refractivity contribution in [1.29, 1.82) is 0 Å². The predicted molar refractivity (Wildman–Crippen MR) is 73.2 cm³/mol. The van der Waals surface area contributed by atoms with Gasteiger partial charge in [-0.05, 0) is 45.2 Å². The largest absolute Gasteiger partial charge is 0.345 e. The molecule has 1 aliphatic heterocycles. The molecule has 18 heavy (non-hydrogen) atoms. The lowest BCUT2D eigenvalue weighted by atomic mass is 9.85. The van der Waals surface area contributed by atoms with Gasteiger partial charge < -0.3 is 15.5 Å². The Morgan fingerprint density at radius 1 is 1.39 bits per heavy atom. The van der Waals surface area contributed by atoms with E-state index < -0.39 is 0 Å². The minimum atomic E-state index is 0.179. The van der Waals surface area contributed by atoms with Crippen molar-refractivity contribution in [3.05, 3.63) is 0 Å². The molecule has 2 N–H and O–H groups in total. The lowest BCUT2D eigenvalue weighted by Gasteiger charge is -2.30. The van der Waals surface area contributed by atoms with Crippen molar-refractivity contribution in [2.24, 2.45) is 17.6 Å². The monoisotopic (exact) mass is 253 g/mol. The summed E-state index contributed by atoms with van der Waals surface area (Å²) in [5.74, 6) is 1.15. The normalized spacial score (nSPS) is 33.6. The second-order valence-electron chi connectivity index (χ2n) is 6.26. The summed E-state index contributed by atoms with van der Waals surface area (Å²) in [4.78, 5) is 16.7. The average Bonchev–Trinajstić information content (AvgIpc) is 2.73. The molecule has 4 heteroatoms. The number of carbonyl (C=O) groups excluding carboxylic acids is 1. The lowest BCUT2D eigenvalue weighted by molar-refractivity contribution is -0.135. The smallest absolute Gasteiger partial charge is 0.225 e. The van der Waals surface area contributed by atoms with Gasteiger partial charge in [0, 0.05) is 32.1 Å². The summed E-state index contributed by atoms with van der Waals surface area (Å²) in [5, 5.41) is 0. The third-order valence-electron chi connectivity index (χ3n) is 4.46. The Balaban J connectivity index is 1.80. The fourth-order valence-corrected chi connectivity index (χ4v) is 3.42. The van der Waals surface area contributed by atoms with Gasteiger partial charge in [-0.3, -0.25) is 4.79 Å². The molecule has 4 nitrogen and oxygen atoms in total. The summed E-state index contributed by atoms with van der Waals surface area (Å²) in [6, 6.07) is 0.235. The van der Waals surface area contributed by atoms with Crippen molar-refractivity contribution >= 4 is 5.91 Å². The van der Waals surface area contributed by atoms with Crippen molar-refractivity contribution in [2.45, 2.75) is 38.1 Å². The number of nitrogens with two attached hydrogens (primary N) is 1. The SMILES string of the molecule is CN1CCC(CN(C)C(=O)C2CCCC(N)C2)C1. The first-order chi connectivity index (χ1) is 8.56. The molecule has 3 unspecified atom stereocenters. The predicted octanol–water partition coefficient (Wildman–Crippen LogP) is 0.914. The van der Waals surface area contributed by atoms with E-state index in [4.69, 9.17) is 5.73 Å². The van der Waals surface area contributed by atoms with Crippen LogP contribution >= 0.6 is 0 Å². The van der Waals surface area contributed by atoms with Gasteiger partial charge in [-0.25, -0.2) is 0 Å². The molecule has 104 valence electrons. The highest BCUT2D eigenvalue weighted by Gasteiger charge is 2.29. The van der Waals surface area contributed by atoms with Crippen molar-refractivity contribution in [3.63, 3.8) is 0 Å². The third kappa shape index (κ3) is 3.45. The number of carbonyl (C=O) groups is 1. The van der Waals surface area contributed by atoms with Crippen molar-refractivity contribution in [1.82, 2.24) is 9.80 Å². The molecule has 0 bridgehead atoms. The third-order valence-corrected chi connectivity index (χ3v) is 4.46. The van der Waals surface area contributed by atoms with Gasteiger partial charge in [-0.1, -0.05) is 6.42 Å². The van der Waals surface area contributed by atoms with Gasteiger partial charge in [0.05, 0.1) is 0 Å². The van der Waals surface area contributed by atoms with Crippen LogP contribution in [0.5, 0.6) is 0 Å². The van der Waals surface area contributed by atoms with Crippen LogP contribution in [0.25, 0.3) is 0 Å².